The highest BCUT2D eigenvalue weighted by Crippen LogP contribution is 2.32. The van der Waals surface area contributed by atoms with E-state index in [2.05, 4.69) is 32.6 Å². The first kappa shape index (κ1) is 24.2. The van der Waals surface area contributed by atoms with E-state index in [1.165, 1.54) is 18.9 Å². The summed E-state index contributed by atoms with van der Waals surface area (Å²) in [6, 6.07) is 17.6. The maximum atomic E-state index is 12.9. The molecule has 0 saturated carbocycles. The Bertz CT molecular complexity index is 1110. The van der Waals surface area contributed by atoms with Gasteiger partial charge in [0.2, 0.25) is 0 Å². The monoisotopic (exact) mass is 449 g/mol. The molecular weight excluding hydrogens is 418 g/mol. The number of methoxy groups -OCH3 is 2. The highest BCUT2D eigenvalue weighted by molar-refractivity contribution is 6.07. The van der Waals surface area contributed by atoms with Crippen molar-refractivity contribution in [2.75, 3.05) is 14.2 Å². The number of nitrogens with zero attached hydrogens (tertiary/aromatic N) is 3. The average molecular weight is 450 g/mol. The van der Waals surface area contributed by atoms with Gasteiger partial charge in [0.05, 0.1) is 19.9 Å². The Morgan fingerprint density at radius 1 is 0.879 bits per heavy atom. The highest BCUT2D eigenvalue weighted by atomic mass is 16.5. The fourth-order valence-corrected chi connectivity index (χ4v) is 3.99. The van der Waals surface area contributed by atoms with Gasteiger partial charge in [-0.05, 0) is 45.4 Å². The lowest BCUT2D eigenvalue weighted by Gasteiger charge is -2.31. The molecule has 0 atom stereocenters. The van der Waals surface area contributed by atoms with E-state index in [4.69, 9.17) is 14.6 Å². The van der Waals surface area contributed by atoms with Crippen LogP contribution in [0, 0.1) is 0 Å². The number of carbonyl (C=O) groups excluding carboxylic acids is 2. The average Bonchev–Trinajstić information content (AvgIpc) is 3.22. The first-order chi connectivity index (χ1) is 15.8. The molecule has 1 aromatic heterocycles. The van der Waals surface area contributed by atoms with Gasteiger partial charge in [-0.3, -0.25) is 4.90 Å². The lowest BCUT2D eigenvalue weighted by molar-refractivity contribution is 0.0549. The second kappa shape index (κ2) is 10.4. The molecule has 0 aliphatic rings. The topological polar surface area (TPSA) is 73.7 Å². The zero-order valence-corrected chi connectivity index (χ0v) is 20.0. The van der Waals surface area contributed by atoms with Crippen LogP contribution in [-0.2, 0) is 16.0 Å². The Morgan fingerprint density at radius 2 is 1.45 bits per heavy atom. The summed E-state index contributed by atoms with van der Waals surface area (Å²) in [5, 5.41) is 4.74. The van der Waals surface area contributed by atoms with E-state index in [-0.39, 0.29) is 11.3 Å². The molecule has 0 bridgehead atoms. The highest BCUT2D eigenvalue weighted by Gasteiger charge is 2.32. The van der Waals surface area contributed by atoms with Crippen molar-refractivity contribution in [2.45, 2.75) is 46.3 Å². The fraction of sp³-hybridized carbons (Fsp3) is 0.346. The summed E-state index contributed by atoms with van der Waals surface area (Å²) in [5.41, 5.74) is 2.90. The minimum atomic E-state index is -0.665. The summed E-state index contributed by atoms with van der Waals surface area (Å²) in [5.74, 6) is -1.31. The van der Waals surface area contributed by atoms with Crippen molar-refractivity contribution < 1.29 is 19.1 Å². The number of benzene rings is 2. The maximum Gasteiger partial charge on any atom is 0.357 e. The normalized spacial score (nSPS) is 11.3. The van der Waals surface area contributed by atoms with Gasteiger partial charge < -0.3 is 9.47 Å². The number of hydrogen-bond acceptors (Lipinski definition) is 6. The van der Waals surface area contributed by atoms with Crippen molar-refractivity contribution in [3.63, 3.8) is 0 Å². The number of rotatable bonds is 8. The van der Waals surface area contributed by atoms with Gasteiger partial charge >= 0.3 is 11.9 Å². The third kappa shape index (κ3) is 4.98. The molecule has 0 fully saturated rings. The molecule has 0 saturated heterocycles. The fourth-order valence-electron chi connectivity index (χ4n) is 3.99. The summed E-state index contributed by atoms with van der Waals surface area (Å²) in [4.78, 5) is 28.1. The third-order valence-electron chi connectivity index (χ3n) is 5.61. The van der Waals surface area contributed by atoms with Crippen LogP contribution in [-0.4, -0.2) is 52.9 Å². The minimum Gasteiger partial charge on any atom is -0.465 e. The summed E-state index contributed by atoms with van der Waals surface area (Å²) in [7, 11) is 2.57. The van der Waals surface area contributed by atoms with E-state index in [1.54, 1.807) is 0 Å². The second-order valence-electron chi connectivity index (χ2n) is 8.32. The summed E-state index contributed by atoms with van der Waals surface area (Å²) in [6.45, 7) is 9.28. The molecule has 1 heterocycles. The van der Waals surface area contributed by atoms with Gasteiger partial charge in [0.25, 0.3) is 0 Å². The SMILES string of the molecule is COC(=O)c1c(-c2ccccc2CN(C(C)C)C(C)C)nn(-c2ccccc2)c1C(=O)OC. The van der Waals surface area contributed by atoms with Crippen molar-refractivity contribution in [1.29, 1.82) is 0 Å². The third-order valence-corrected chi connectivity index (χ3v) is 5.61. The van der Waals surface area contributed by atoms with Crippen LogP contribution in [0.4, 0.5) is 0 Å². The standard InChI is InChI=1S/C26H31N3O4/c1-17(2)28(18(3)4)16-19-12-10-11-15-21(19)23-22(25(30)32-5)24(26(31)33-6)29(27-23)20-13-8-7-9-14-20/h7-15,17-18H,16H2,1-6H3. The Balaban J connectivity index is 2.29. The molecule has 0 aliphatic carbocycles. The van der Waals surface area contributed by atoms with E-state index in [0.29, 0.717) is 30.0 Å². The van der Waals surface area contributed by atoms with E-state index < -0.39 is 11.9 Å². The number of para-hydroxylation sites is 1. The van der Waals surface area contributed by atoms with Crippen LogP contribution in [0.1, 0.15) is 54.1 Å². The first-order valence-corrected chi connectivity index (χ1v) is 11.0. The lowest BCUT2D eigenvalue weighted by Crippen LogP contribution is -2.36. The van der Waals surface area contributed by atoms with E-state index in [9.17, 15) is 9.59 Å². The molecule has 0 aliphatic heterocycles. The molecule has 2 aromatic carbocycles. The summed E-state index contributed by atoms with van der Waals surface area (Å²) < 4.78 is 11.5. The van der Waals surface area contributed by atoms with E-state index >= 15 is 0 Å². The van der Waals surface area contributed by atoms with Crippen LogP contribution >= 0.6 is 0 Å². The first-order valence-electron chi connectivity index (χ1n) is 11.0. The molecule has 0 N–H and O–H groups in total. The van der Waals surface area contributed by atoms with E-state index in [1.807, 2.05) is 54.6 Å². The van der Waals surface area contributed by atoms with Crippen molar-refractivity contribution in [3.05, 3.63) is 71.4 Å². The smallest absolute Gasteiger partial charge is 0.357 e. The van der Waals surface area contributed by atoms with Gasteiger partial charge in [0.1, 0.15) is 11.3 Å². The van der Waals surface area contributed by atoms with Gasteiger partial charge in [-0.1, -0.05) is 42.5 Å². The van der Waals surface area contributed by atoms with Crippen LogP contribution in [0.25, 0.3) is 16.9 Å². The molecule has 3 rings (SSSR count). The molecule has 33 heavy (non-hydrogen) atoms. The summed E-state index contributed by atoms with van der Waals surface area (Å²) >= 11 is 0. The predicted molar refractivity (Wildman–Crippen MR) is 127 cm³/mol. The maximum absolute atomic E-state index is 12.9. The molecule has 0 unspecified atom stereocenters. The molecule has 3 aromatic rings. The molecule has 7 heteroatoms. The second-order valence-corrected chi connectivity index (χ2v) is 8.32. The lowest BCUT2D eigenvalue weighted by atomic mass is 9.99. The van der Waals surface area contributed by atoms with Crippen LogP contribution in [0.5, 0.6) is 0 Å². The van der Waals surface area contributed by atoms with Crippen molar-refractivity contribution in [3.8, 4) is 16.9 Å². The van der Waals surface area contributed by atoms with Crippen LogP contribution in [0.2, 0.25) is 0 Å². The van der Waals surface area contributed by atoms with Gasteiger partial charge in [0.15, 0.2) is 5.69 Å². The molecule has 7 nitrogen and oxygen atoms in total. The number of esters is 2. The van der Waals surface area contributed by atoms with Crippen molar-refractivity contribution in [2.24, 2.45) is 0 Å². The Kier molecular flexibility index (Phi) is 7.66. The van der Waals surface area contributed by atoms with Crippen LogP contribution < -0.4 is 0 Å². The number of ether oxygens (including phenoxy) is 2. The van der Waals surface area contributed by atoms with Gasteiger partial charge in [-0.25, -0.2) is 14.3 Å². The molecule has 0 spiro atoms. The van der Waals surface area contributed by atoms with Crippen LogP contribution in [0.15, 0.2) is 54.6 Å². The van der Waals surface area contributed by atoms with Gasteiger partial charge in [-0.15, -0.1) is 0 Å². The molecule has 0 radical (unpaired) electrons. The Labute approximate surface area is 194 Å². The predicted octanol–water partition coefficient (Wildman–Crippen LogP) is 4.73. The van der Waals surface area contributed by atoms with Gasteiger partial charge in [-0.2, -0.15) is 5.10 Å². The Hall–Kier alpha value is -3.45. The molecular formula is C26H31N3O4. The molecule has 174 valence electrons. The van der Waals surface area contributed by atoms with Gasteiger partial charge in [0, 0.05) is 24.2 Å². The zero-order valence-electron chi connectivity index (χ0n) is 20.0. The van der Waals surface area contributed by atoms with Crippen molar-refractivity contribution in [1.82, 2.24) is 14.7 Å². The molecule has 0 amide bonds. The number of aromatic nitrogens is 2. The largest absolute Gasteiger partial charge is 0.465 e. The summed E-state index contributed by atoms with van der Waals surface area (Å²) in [6.07, 6.45) is 0. The van der Waals surface area contributed by atoms with Crippen molar-refractivity contribution >= 4 is 11.9 Å². The zero-order chi connectivity index (χ0) is 24.1. The number of carbonyl (C=O) groups is 2. The van der Waals surface area contributed by atoms with Crippen LogP contribution in [0.3, 0.4) is 0 Å². The minimum absolute atomic E-state index is 0.0323. The quantitative estimate of drug-likeness (QED) is 0.463. The Morgan fingerprint density at radius 3 is 2.03 bits per heavy atom. The van der Waals surface area contributed by atoms with E-state index in [0.717, 1.165) is 11.1 Å². The number of hydrogen-bond donors (Lipinski definition) is 0.